The van der Waals surface area contributed by atoms with Crippen LogP contribution in [-0.2, 0) is 11.2 Å². The second kappa shape index (κ2) is 6.45. The number of hydrogen-bond acceptors (Lipinski definition) is 3. The minimum atomic E-state index is -0.0884. The summed E-state index contributed by atoms with van der Waals surface area (Å²) in [5, 5.41) is 2.08. The number of thiophene rings is 1. The molecule has 0 aromatic carbocycles. The third-order valence-electron chi connectivity index (χ3n) is 3.04. The van der Waals surface area contributed by atoms with Crippen molar-refractivity contribution in [3.63, 3.8) is 0 Å². The monoisotopic (exact) mass is 259 g/mol. The molecule has 0 saturated heterocycles. The van der Waals surface area contributed by atoms with Gasteiger partial charge in [-0.25, -0.2) is 0 Å². The minimum Gasteiger partial charge on any atom is -0.299 e. The molecule has 0 radical (unpaired) electrons. The van der Waals surface area contributed by atoms with Gasteiger partial charge in [-0.3, -0.25) is 9.78 Å². The van der Waals surface area contributed by atoms with Crippen molar-refractivity contribution < 1.29 is 4.79 Å². The lowest BCUT2D eigenvalue weighted by atomic mass is 9.97. The number of nitrogens with zero attached hydrogens (tertiary/aromatic N) is 1. The normalized spacial score (nSPS) is 12.3. The van der Waals surface area contributed by atoms with Crippen molar-refractivity contribution in [3.05, 3.63) is 52.5 Å². The molecule has 0 spiro atoms. The standard InChI is InChI=1S/C15H17NOS/c1-12(14-8-2-3-10-16-14)15(17)9-4-6-13-7-5-11-18-13/h2-3,5,7-8,10-12H,4,6,9H2,1H3. The van der Waals surface area contributed by atoms with E-state index < -0.39 is 0 Å². The summed E-state index contributed by atoms with van der Waals surface area (Å²) in [4.78, 5) is 17.6. The molecule has 0 saturated carbocycles. The highest BCUT2D eigenvalue weighted by atomic mass is 32.1. The quantitative estimate of drug-likeness (QED) is 0.789. The van der Waals surface area contributed by atoms with Crippen LogP contribution in [0, 0.1) is 0 Å². The van der Waals surface area contributed by atoms with Crippen LogP contribution in [0.3, 0.4) is 0 Å². The highest BCUT2D eigenvalue weighted by Crippen LogP contribution is 2.18. The van der Waals surface area contributed by atoms with E-state index in [2.05, 4.69) is 22.5 Å². The SMILES string of the molecule is CC(C(=O)CCCc1cccs1)c1ccccn1. The predicted molar refractivity (Wildman–Crippen MR) is 74.9 cm³/mol. The molecule has 18 heavy (non-hydrogen) atoms. The van der Waals surface area contributed by atoms with Gasteiger partial charge in [0.15, 0.2) is 0 Å². The average molecular weight is 259 g/mol. The summed E-state index contributed by atoms with van der Waals surface area (Å²) in [5.74, 6) is 0.194. The lowest BCUT2D eigenvalue weighted by Crippen LogP contribution is -2.10. The molecule has 0 aliphatic rings. The zero-order valence-corrected chi connectivity index (χ0v) is 11.3. The molecular weight excluding hydrogens is 242 g/mol. The maximum Gasteiger partial charge on any atom is 0.141 e. The summed E-state index contributed by atoms with van der Waals surface area (Å²) in [6.07, 6.45) is 4.30. The fourth-order valence-corrected chi connectivity index (χ4v) is 2.66. The number of Topliss-reactive ketones (excluding diaryl/α,β-unsaturated/α-hetero) is 1. The maximum atomic E-state index is 12.0. The van der Waals surface area contributed by atoms with Crippen LogP contribution in [-0.4, -0.2) is 10.8 Å². The third-order valence-corrected chi connectivity index (χ3v) is 3.98. The molecule has 0 aliphatic carbocycles. The lowest BCUT2D eigenvalue weighted by molar-refractivity contribution is -0.120. The first kappa shape index (κ1) is 13.0. The molecule has 0 bridgehead atoms. The second-order valence-electron chi connectivity index (χ2n) is 4.38. The first-order valence-electron chi connectivity index (χ1n) is 6.23. The van der Waals surface area contributed by atoms with Gasteiger partial charge in [0.25, 0.3) is 0 Å². The van der Waals surface area contributed by atoms with Crippen LogP contribution in [0.15, 0.2) is 41.9 Å². The van der Waals surface area contributed by atoms with Crippen molar-refractivity contribution >= 4 is 17.1 Å². The van der Waals surface area contributed by atoms with Gasteiger partial charge in [0.1, 0.15) is 5.78 Å². The van der Waals surface area contributed by atoms with E-state index in [0.29, 0.717) is 6.42 Å². The molecule has 0 fully saturated rings. The highest BCUT2D eigenvalue weighted by molar-refractivity contribution is 7.09. The van der Waals surface area contributed by atoms with E-state index in [1.165, 1.54) is 4.88 Å². The van der Waals surface area contributed by atoms with Gasteiger partial charge >= 0.3 is 0 Å². The molecule has 94 valence electrons. The Hall–Kier alpha value is -1.48. The number of carbonyl (C=O) groups excluding carboxylic acids is 1. The zero-order chi connectivity index (χ0) is 12.8. The molecule has 2 aromatic rings. The number of hydrogen-bond donors (Lipinski definition) is 0. The zero-order valence-electron chi connectivity index (χ0n) is 10.5. The minimum absolute atomic E-state index is 0.0884. The average Bonchev–Trinajstić information content (AvgIpc) is 2.92. The predicted octanol–water partition coefficient (Wildman–Crippen LogP) is 3.84. The summed E-state index contributed by atoms with van der Waals surface area (Å²) in [5.41, 5.74) is 0.874. The summed E-state index contributed by atoms with van der Waals surface area (Å²) < 4.78 is 0. The van der Waals surface area contributed by atoms with E-state index in [4.69, 9.17) is 0 Å². The Kier molecular flexibility index (Phi) is 4.65. The molecule has 2 heterocycles. The number of rotatable bonds is 6. The Morgan fingerprint density at radius 2 is 2.22 bits per heavy atom. The van der Waals surface area contributed by atoms with Gasteiger partial charge in [0.05, 0.1) is 11.6 Å². The molecule has 0 N–H and O–H groups in total. The number of pyridine rings is 1. The van der Waals surface area contributed by atoms with Gasteiger partial charge < -0.3 is 0 Å². The van der Waals surface area contributed by atoms with Crippen LogP contribution in [0.2, 0.25) is 0 Å². The lowest BCUT2D eigenvalue weighted by Gasteiger charge is -2.09. The van der Waals surface area contributed by atoms with Gasteiger partial charge in [-0.05, 0) is 43.3 Å². The van der Waals surface area contributed by atoms with Crippen molar-refractivity contribution in [2.45, 2.75) is 32.1 Å². The van der Waals surface area contributed by atoms with Crippen LogP contribution in [0.25, 0.3) is 0 Å². The van der Waals surface area contributed by atoms with Gasteiger partial charge in [-0.15, -0.1) is 11.3 Å². The van der Waals surface area contributed by atoms with Crippen molar-refractivity contribution in [1.82, 2.24) is 4.98 Å². The Labute approximate surface area is 112 Å². The van der Waals surface area contributed by atoms with Crippen molar-refractivity contribution in [3.8, 4) is 0 Å². The first-order valence-corrected chi connectivity index (χ1v) is 7.11. The molecule has 3 heteroatoms. The largest absolute Gasteiger partial charge is 0.299 e. The van der Waals surface area contributed by atoms with Crippen molar-refractivity contribution in [1.29, 1.82) is 0 Å². The van der Waals surface area contributed by atoms with Crippen LogP contribution < -0.4 is 0 Å². The second-order valence-corrected chi connectivity index (χ2v) is 5.41. The Morgan fingerprint density at radius 3 is 2.89 bits per heavy atom. The molecule has 0 aliphatic heterocycles. The molecule has 2 nitrogen and oxygen atoms in total. The Morgan fingerprint density at radius 1 is 1.33 bits per heavy atom. The maximum absolute atomic E-state index is 12.0. The van der Waals surface area contributed by atoms with Crippen LogP contribution in [0.1, 0.15) is 36.3 Å². The fourth-order valence-electron chi connectivity index (χ4n) is 1.91. The van der Waals surface area contributed by atoms with Gasteiger partial charge in [-0.2, -0.15) is 0 Å². The molecule has 2 aromatic heterocycles. The van der Waals surface area contributed by atoms with E-state index in [-0.39, 0.29) is 11.7 Å². The van der Waals surface area contributed by atoms with E-state index in [1.54, 1.807) is 17.5 Å². The fraction of sp³-hybridized carbons (Fsp3) is 0.333. The highest BCUT2D eigenvalue weighted by Gasteiger charge is 2.15. The Bertz CT molecular complexity index is 478. The van der Waals surface area contributed by atoms with E-state index in [0.717, 1.165) is 18.5 Å². The van der Waals surface area contributed by atoms with Gasteiger partial charge in [-0.1, -0.05) is 12.1 Å². The van der Waals surface area contributed by atoms with Crippen molar-refractivity contribution in [2.75, 3.05) is 0 Å². The number of aromatic nitrogens is 1. The first-order chi connectivity index (χ1) is 8.77. The summed E-state index contributed by atoms with van der Waals surface area (Å²) >= 11 is 1.76. The molecule has 2 rings (SSSR count). The molecular formula is C15H17NOS. The number of aryl methyl sites for hydroxylation is 1. The smallest absolute Gasteiger partial charge is 0.141 e. The number of carbonyl (C=O) groups is 1. The van der Waals surface area contributed by atoms with E-state index >= 15 is 0 Å². The van der Waals surface area contributed by atoms with E-state index in [9.17, 15) is 4.79 Å². The van der Waals surface area contributed by atoms with Gasteiger partial charge in [0, 0.05) is 17.5 Å². The molecule has 1 atom stereocenters. The Balaban J connectivity index is 1.81. The summed E-state index contributed by atoms with van der Waals surface area (Å²) in [6, 6.07) is 9.90. The molecule has 1 unspecified atom stereocenters. The third kappa shape index (κ3) is 3.50. The summed E-state index contributed by atoms with van der Waals surface area (Å²) in [6.45, 7) is 1.94. The van der Waals surface area contributed by atoms with Crippen LogP contribution >= 0.6 is 11.3 Å². The summed E-state index contributed by atoms with van der Waals surface area (Å²) in [7, 11) is 0. The van der Waals surface area contributed by atoms with Crippen molar-refractivity contribution in [2.24, 2.45) is 0 Å². The molecule has 0 amide bonds. The number of ketones is 1. The van der Waals surface area contributed by atoms with Gasteiger partial charge in [0.2, 0.25) is 0 Å². The van der Waals surface area contributed by atoms with E-state index in [1.807, 2.05) is 25.1 Å². The van der Waals surface area contributed by atoms with Crippen LogP contribution in [0.4, 0.5) is 0 Å². The van der Waals surface area contributed by atoms with Crippen LogP contribution in [0.5, 0.6) is 0 Å². The topological polar surface area (TPSA) is 30.0 Å².